The van der Waals surface area contributed by atoms with Crippen molar-refractivity contribution >= 4 is 39.9 Å². The molecule has 0 aliphatic rings. The number of hydrogen-bond acceptors (Lipinski definition) is 3. The van der Waals surface area contributed by atoms with Crippen LogP contribution >= 0.6 is 34.2 Å². The Morgan fingerprint density at radius 1 is 1.67 bits per heavy atom. The summed E-state index contributed by atoms with van der Waals surface area (Å²) < 4.78 is 0.688. The first kappa shape index (κ1) is 7.01. The molecule has 1 heterocycles. The molecule has 0 radical (unpaired) electrons. The molecule has 0 fully saturated rings. The van der Waals surface area contributed by atoms with Crippen LogP contribution < -0.4 is 5.73 Å². The van der Waals surface area contributed by atoms with E-state index in [-0.39, 0.29) is 5.28 Å². The van der Waals surface area contributed by atoms with Crippen molar-refractivity contribution in [2.75, 3.05) is 5.73 Å². The van der Waals surface area contributed by atoms with Gasteiger partial charge in [-0.1, -0.05) is 0 Å². The minimum Gasteiger partial charge on any atom is -0.395 e. The monoisotopic (exact) mass is 255 g/mol. The van der Waals surface area contributed by atoms with Gasteiger partial charge in [-0.05, 0) is 34.2 Å². The smallest absolute Gasteiger partial charge is 0.223 e. The van der Waals surface area contributed by atoms with E-state index in [0.29, 0.717) is 9.39 Å². The quantitative estimate of drug-likeness (QED) is 0.432. The molecule has 2 N–H and O–H groups in total. The molecule has 1 rings (SSSR count). The van der Waals surface area contributed by atoms with E-state index in [0.717, 1.165) is 0 Å². The van der Waals surface area contributed by atoms with Gasteiger partial charge in [0.2, 0.25) is 5.28 Å². The summed E-state index contributed by atoms with van der Waals surface area (Å²) in [6.45, 7) is 0. The van der Waals surface area contributed by atoms with Crippen molar-refractivity contribution in [3.63, 3.8) is 0 Å². The van der Waals surface area contributed by atoms with Crippen LogP contribution in [0.5, 0.6) is 0 Å². The number of nitrogens with two attached hydrogens (primary N) is 1. The molecule has 5 heteroatoms. The summed E-state index contributed by atoms with van der Waals surface area (Å²) >= 11 is 7.42. The molecule has 1 aromatic rings. The molecule has 0 saturated carbocycles. The second kappa shape index (κ2) is 2.66. The van der Waals surface area contributed by atoms with E-state index in [1.807, 2.05) is 22.6 Å². The number of anilines is 1. The second-order valence-corrected chi connectivity index (χ2v) is 2.75. The molecule has 48 valence electrons. The Kier molecular flexibility index (Phi) is 2.07. The lowest BCUT2D eigenvalue weighted by Gasteiger charge is -1.93. The molecule has 0 aromatic carbocycles. The van der Waals surface area contributed by atoms with Gasteiger partial charge >= 0.3 is 0 Å². The maximum absolute atomic E-state index is 5.43. The van der Waals surface area contributed by atoms with E-state index in [2.05, 4.69) is 9.97 Å². The van der Waals surface area contributed by atoms with Crippen molar-refractivity contribution in [3.05, 3.63) is 15.2 Å². The van der Waals surface area contributed by atoms with Gasteiger partial charge < -0.3 is 5.73 Å². The normalized spacial score (nSPS) is 9.56. The number of nitrogens with zero attached hydrogens (tertiary/aromatic N) is 2. The van der Waals surface area contributed by atoms with Gasteiger partial charge in [-0.2, -0.15) is 0 Å². The number of aromatic nitrogens is 2. The lowest BCUT2D eigenvalue weighted by atomic mass is 10.6. The first-order valence-electron chi connectivity index (χ1n) is 2.13. The molecule has 0 spiro atoms. The molecule has 0 atom stereocenters. The number of halogens is 2. The lowest BCUT2D eigenvalue weighted by molar-refractivity contribution is 1.14. The Hall–Kier alpha value is -0.100. The fourth-order valence-electron chi connectivity index (χ4n) is 0.350. The van der Waals surface area contributed by atoms with Crippen molar-refractivity contribution in [2.24, 2.45) is 0 Å². The SMILES string of the molecule is Nc1cnc(Cl)nc1I. The Bertz CT molecular complexity index is 227. The minimum absolute atomic E-state index is 0.230. The summed E-state index contributed by atoms with van der Waals surface area (Å²) in [5.74, 6) is 0. The standard InChI is InChI=1S/C4H3ClIN3/c5-4-8-1-2(7)3(6)9-4/h1H,7H2. The molecule has 0 unspecified atom stereocenters. The number of hydrogen-bond donors (Lipinski definition) is 1. The highest BCUT2D eigenvalue weighted by atomic mass is 127. The largest absolute Gasteiger partial charge is 0.395 e. The van der Waals surface area contributed by atoms with Crippen LogP contribution in [0.15, 0.2) is 6.20 Å². The zero-order chi connectivity index (χ0) is 6.85. The Labute approximate surface area is 70.8 Å². The third-order valence-corrected chi connectivity index (χ3v) is 1.78. The van der Waals surface area contributed by atoms with E-state index in [9.17, 15) is 0 Å². The highest BCUT2D eigenvalue weighted by Crippen LogP contribution is 2.11. The van der Waals surface area contributed by atoms with Gasteiger partial charge in [0.1, 0.15) is 3.70 Å². The van der Waals surface area contributed by atoms with Gasteiger partial charge in [-0.3, -0.25) is 0 Å². The zero-order valence-corrected chi connectivity index (χ0v) is 7.22. The number of nitrogen functional groups attached to an aromatic ring is 1. The fraction of sp³-hybridized carbons (Fsp3) is 0. The first-order chi connectivity index (χ1) is 4.20. The van der Waals surface area contributed by atoms with Crippen LogP contribution in [0.3, 0.4) is 0 Å². The lowest BCUT2D eigenvalue weighted by Crippen LogP contribution is -1.94. The molecule has 0 aliphatic carbocycles. The van der Waals surface area contributed by atoms with Crippen molar-refractivity contribution in [2.45, 2.75) is 0 Å². The average Bonchev–Trinajstić information content (AvgIpc) is 1.80. The van der Waals surface area contributed by atoms with Crippen LogP contribution in [0.25, 0.3) is 0 Å². The van der Waals surface area contributed by atoms with Crippen molar-refractivity contribution < 1.29 is 0 Å². The Morgan fingerprint density at radius 2 is 2.33 bits per heavy atom. The van der Waals surface area contributed by atoms with Gasteiger partial charge in [0.05, 0.1) is 11.9 Å². The molecule has 1 aromatic heterocycles. The topological polar surface area (TPSA) is 51.8 Å². The van der Waals surface area contributed by atoms with E-state index in [1.54, 1.807) is 0 Å². The van der Waals surface area contributed by atoms with Crippen LogP contribution in [0.4, 0.5) is 5.69 Å². The highest BCUT2D eigenvalue weighted by Gasteiger charge is 1.96. The van der Waals surface area contributed by atoms with Crippen LogP contribution in [0.2, 0.25) is 5.28 Å². The molecule has 0 saturated heterocycles. The van der Waals surface area contributed by atoms with Gasteiger partial charge in [0.15, 0.2) is 0 Å². The second-order valence-electron chi connectivity index (χ2n) is 1.39. The molecular weight excluding hydrogens is 252 g/mol. The zero-order valence-electron chi connectivity index (χ0n) is 4.31. The van der Waals surface area contributed by atoms with E-state index in [4.69, 9.17) is 17.3 Å². The van der Waals surface area contributed by atoms with Crippen LogP contribution in [-0.2, 0) is 0 Å². The molecule has 0 bridgehead atoms. The maximum Gasteiger partial charge on any atom is 0.223 e. The Balaban J connectivity index is 3.17. The maximum atomic E-state index is 5.43. The van der Waals surface area contributed by atoms with Crippen LogP contribution in [0.1, 0.15) is 0 Å². The predicted octanol–water partition coefficient (Wildman–Crippen LogP) is 1.32. The third-order valence-electron chi connectivity index (χ3n) is 0.739. The van der Waals surface area contributed by atoms with Gasteiger partial charge in [0, 0.05) is 0 Å². The summed E-state index contributed by atoms with van der Waals surface area (Å²) in [6.07, 6.45) is 1.48. The van der Waals surface area contributed by atoms with Gasteiger partial charge in [-0.25, -0.2) is 9.97 Å². The van der Waals surface area contributed by atoms with Gasteiger partial charge in [0.25, 0.3) is 0 Å². The minimum atomic E-state index is 0.230. The van der Waals surface area contributed by atoms with Crippen LogP contribution in [0, 0.1) is 3.70 Å². The summed E-state index contributed by atoms with van der Waals surface area (Å²) in [7, 11) is 0. The predicted molar refractivity (Wildman–Crippen MR) is 44.2 cm³/mol. The molecule has 0 aliphatic heterocycles. The summed E-state index contributed by atoms with van der Waals surface area (Å²) in [5, 5.41) is 0.230. The van der Waals surface area contributed by atoms with Gasteiger partial charge in [-0.15, -0.1) is 0 Å². The van der Waals surface area contributed by atoms with Crippen molar-refractivity contribution in [3.8, 4) is 0 Å². The van der Waals surface area contributed by atoms with E-state index >= 15 is 0 Å². The van der Waals surface area contributed by atoms with Crippen molar-refractivity contribution in [1.82, 2.24) is 9.97 Å². The summed E-state index contributed by atoms with van der Waals surface area (Å²) in [5.41, 5.74) is 5.95. The average molecular weight is 255 g/mol. The van der Waals surface area contributed by atoms with Crippen molar-refractivity contribution in [1.29, 1.82) is 0 Å². The van der Waals surface area contributed by atoms with Crippen LogP contribution in [-0.4, -0.2) is 9.97 Å². The van der Waals surface area contributed by atoms with E-state index < -0.39 is 0 Å². The molecule has 0 amide bonds. The van der Waals surface area contributed by atoms with E-state index in [1.165, 1.54) is 6.20 Å². The Morgan fingerprint density at radius 3 is 2.78 bits per heavy atom. The summed E-state index contributed by atoms with van der Waals surface area (Å²) in [4.78, 5) is 7.45. The third kappa shape index (κ3) is 1.65. The molecule has 9 heavy (non-hydrogen) atoms. The fourth-order valence-corrected chi connectivity index (χ4v) is 0.994. The highest BCUT2D eigenvalue weighted by molar-refractivity contribution is 14.1. The number of rotatable bonds is 0. The molecule has 3 nitrogen and oxygen atoms in total. The first-order valence-corrected chi connectivity index (χ1v) is 3.59. The summed E-state index contributed by atoms with van der Waals surface area (Å²) in [6, 6.07) is 0. The molecular formula is C4H3ClIN3.